The first-order chi connectivity index (χ1) is 28.0. The van der Waals surface area contributed by atoms with E-state index in [-0.39, 0.29) is 49.3 Å². The molecule has 59 heavy (non-hydrogen) atoms. The van der Waals surface area contributed by atoms with Crippen molar-refractivity contribution in [2.75, 3.05) is 32.8 Å². The van der Waals surface area contributed by atoms with Gasteiger partial charge in [-0.1, -0.05) is 26.0 Å². The molecule has 20 nitrogen and oxygen atoms in total. The Labute approximate surface area is 344 Å². The van der Waals surface area contributed by atoms with E-state index >= 15 is 0 Å². The van der Waals surface area contributed by atoms with Crippen molar-refractivity contribution in [1.29, 1.82) is 0 Å². The summed E-state index contributed by atoms with van der Waals surface area (Å²) in [6, 6.07) is -1.41. The number of hydrogen-bond donors (Lipinski definition) is 11. The van der Waals surface area contributed by atoms with Crippen molar-refractivity contribution >= 4 is 47.3 Å². The van der Waals surface area contributed by atoms with E-state index in [9.17, 15) is 43.8 Å². The second-order valence-corrected chi connectivity index (χ2v) is 15.3. The average molecular weight is 830 g/mol. The number of nitrogens with zero attached hydrogens (tertiary/aromatic N) is 2. The first kappa shape index (κ1) is 47.9. The number of amides is 7. The minimum Gasteiger partial charge on any atom is -0.508 e. The van der Waals surface area contributed by atoms with E-state index in [1.165, 1.54) is 24.0 Å². The lowest BCUT2D eigenvalue weighted by molar-refractivity contribution is -0.142. The van der Waals surface area contributed by atoms with Crippen LogP contribution in [0.25, 0.3) is 0 Å². The number of aliphatic hydroxyl groups excluding tert-OH is 1. The van der Waals surface area contributed by atoms with Gasteiger partial charge in [0, 0.05) is 26.1 Å². The SMILES string of the molecule is CCNC(=O)[C@@H]1CCCN1C(=O)[C@H](CCCN=C(N)N)NC(=O)[C@H](CC(C)C)NC(=O)[C@@H](C)NC(=O)[C@H](Cc1ccc(O)cc1)NC(=O)[C@H](CO)NC(=O)[C@H]1CCCN1. The zero-order chi connectivity index (χ0) is 43.6. The Morgan fingerprint density at radius 2 is 1.47 bits per heavy atom. The summed E-state index contributed by atoms with van der Waals surface area (Å²) < 4.78 is 0. The number of phenols is 1. The number of aliphatic hydroxyl groups is 1. The predicted octanol–water partition coefficient (Wildman–Crippen LogP) is -2.65. The number of carbonyl (C=O) groups is 7. The van der Waals surface area contributed by atoms with Crippen LogP contribution in [0.5, 0.6) is 5.75 Å². The van der Waals surface area contributed by atoms with Crippen molar-refractivity contribution in [2.45, 2.75) is 121 Å². The lowest BCUT2D eigenvalue weighted by Gasteiger charge is -2.30. The third-order valence-corrected chi connectivity index (χ3v) is 10.0. The number of aliphatic imine (C=N–C) groups is 1. The fourth-order valence-corrected chi connectivity index (χ4v) is 6.93. The van der Waals surface area contributed by atoms with Crippen LogP contribution in [0.4, 0.5) is 0 Å². The minimum absolute atomic E-state index is 0.0195. The smallest absolute Gasteiger partial charge is 0.245 e. The standard InChI is InChI=1S/C39H63N11O9/c1-5-42-37(58)31-11-8-18-50(31)38(59)27(10-7-17-44-39(40)41)46-35(56)28(19-22(2)3)47-32(53)23(4)45-34(55)29(20-24-12-14-25(52)15-13-24)48-36(57)30(21-51)49-33(54)26-9-6-16-43-26/h12-15,22-23,26-31,43,51-52H,5-11,16-21H2,1-4H3,(H,42,58)(H,45,55)(H,46,56)(H,47,53)(H,48,57)(H,49,54)(H4,40,41,44)/t23-,26-,27+,28+,29+,30+,31+/m1/s1. The normalized spacial score (nSPS) is 18.7. The van der Waals surface area contributed by atoms with Crippen LogP contribution in [0, 0.1) is 5.92 Å². The highest BCUT2D eigenvalue weighted by Crippen LogP contribution is 2.20. The second kappa shape index (κ2) is 23.8. The van der Waals surface area contributed by atoms with E-state index in [0.717, 1.165) is 6.42 Å². The van der Waals surface area contributed by atoms with Gasteiger partial charge in [-0.3, -0.25) is 38.6 Å². The van der Waals surface area contributed by atoms with Gasteiger partial charge < -0.3 is 63.8 Å². The van der Waals surface area contributed by atoms with Gasteiger partial charge in [0.05, 0.1) is 12.6 Å². The molecule has 7 atom stereocenters. The highest BCUT2D eigenvalue weighted by molar-refractivity contribution is 5.97. The largest absolute Gasteiger partial charge is 0.508 e. The maximum Gasteiger partial charge on any atom is 0.245 e. The van der Waals surface area contributed by atoms with E-state index in [4.69, 9.17) is 11.5 Å². The summed E-state index contributed by atoms with van der Waals surface area (Å²) in [5.74, 6) is -4.45. The van der Waals surface area contributed by atoms with Crippen LogP contribution in [0.3, 0.4) is 0 Å². The number of aromatic hydroxyl groups is 1. The Kier molecular flexibility index (Phi) is 19.3. The van der Waals surface area contributed by atoms with Crippen LogP contribution in [0.1, 0.15) is 78.2 Å². The molecule has 0 aromatic heterocycles. The van der Waals surface area contributed by atoms with Gasteiger partial charge in [0.25, 0.3) is 0 Å². The fraction of sp³-hybridized carbons (Fsp3) is 0.641. The summed E-state index contributed by atoms with van der Waals surface area (Å²) in [6.07, 6.45) is 2.96. The predicted molar refractivity (Wildman–Crippen MR) is 218 cm³/mol. The maximum atomic E-state index is 13.9. The molecule has 20 heteroatoms. The molecule has 0 aliphatic carbocycles. The van der Waals surface area contributed by atoms with Crippen molar-refractivity contribution in [1.82, 2.24) is 42.1 Å². The summed E-state index contributed by atoms with van der Waals surface area (Å²) >= 11 is 0. The van der Waals surface area contributed by atoms with Crippen molar-refractivity contribution in [2.24, 2.45) is 22.4 Å². The second-order valence-electron chi connectivity index (χ2n) is 15.3. The number of carbonyl (C=O) groups excluding carboxylic acids is 7. The Hall–Kier alpha value is -5.50. The Morgan fingerprint density at radius 1 is 0.831 bits per heavy atom. The number of nitrogens with two attached hydrogens (primary N) is 2. The zero-order valence-corrected chi connectivity index (χ0v) is 34.4. The summed E-state index contributed by atoms with van der Waals surface area (Å²) in [5.41, 5.74) is 11.5. The van der Waals surface area contributed by atoms with Gasteiger partial charge in [-0.15, -0.1) is 0 Å². The van der Waals surface area contributed by atoms with Gasteiger partial charge in [-0.25, -0.2) is 0 Å². The monoisotopic (exact) mass is 829 g/mol. The molecule has 0 saturated carbocycles. The molecular formula is C39H63N11O9. The highest BCUT2D eigenvalue weighted by Gasteiger charge is 2.38. The van der Waals surface area contributed by atoms with Crippen LogP contribution < -0.4 is 48.7 Å². The molecule has 3 rings (SSSR count). The van der Waals surface area contributed by atoms with Gasteiger partial charge in [-0.05, 0) is 89.0 Å². The molecule has 1 aromatic carbocycles. The molecule has 2 aliphatic heterocycles. The number of likely N-dealkylation sites (tertiary alicyclic amines) is 1. The molecule has 2 fully saturated rings. The Morgan fingerprint density at radius 3 is 2.08 bits per heavy atom. The van der Waals surface area contributed by atoms with Gasteiger partial charge in [-0.2, -0.15) is 0 Å². The van der Waals surface area contributed by atoms with Crippen molar-refractivity contribution < 1.29 is 43.8 Å². The van der Waals surface area contributed by atoms with Crippen molar-refractivity contribution in [3.8, 4) is 5.75 Å². The van der Waals surface area contributed by atoms with E-state index in [0.29, 0.717) is 50.9 Å². The summed E-state index contributed by atoms with van der Waals surface area (Å²) in [4.78, 5) is 99.4. The third-order valence-electron chi connectivity index (χ3n) is 10.0. The number of guanidine groups is 1. The van der Waals surface area contributed by atoms with Crippen LogP contribution in [0.2, 0.25) is 0 Å². The lowest BCUT2D eigenvalue weighted by Crippen LogP contribution is -2.60. The number of benzene rings is 1. The number of likely N-dealkylation sites (N-methyl/N-ethyl adjacent to an activating group) is 1. The van der Waals surface area contributed by atoms with Crippen LogP contribution in [-0.4, -0.2) is 138 Å². The van der Waals surface area contributed by atoms with E-state index in [1.807, 2.05) is 13.8 Å². The first-order valence-electron chi connectivity index (χ1n) is 20.3. The average Bonchev–Trinajstić information content (AvgIpc) is 3.92. The molecule has 2 aliphatic rings. The van der Waals surface area contributed by atoms with E-state index in [2.05, 4.69) is 42.2 Å². The van der Waals surface area contributed by atoms with Crippen LogP contribution in [-0.2, 0) is 40.0 Å². The molecule has 0 unspecified atom stereocenters. The molecule has 7 amide bonds. The zero-order valence-electron chi connectivity index (χ0n) is 34.4. The molecule has 0 radical (unpaired) electrons. The molecule has 2 saturated heterocycles. The molecule has 0 spiro atoms. The fourth-order valence-electron chi connectivity index (χ4n) is 6.93. The minimum atomic E-state index is -1.37. The lowest BCUT2D eigenvalue weighted by atomic mass is 10.0. The molecule has 13 N–H and O–H groups in total. The summed E-state index contributed by atoms with van der Waals surface area (Å²) in [6.45, 7) is 7.67. The topological polar surface area (TPSA) is 312 Å². The maximum absolute atomic E-state index is 13.9. The van der Waals surface area contributed by atoms with Crippen molar-refractivity contribution in [3.63, 3.8) is 0 Å². The molecule has 1 aromatic rings. The third kappa shape index (κ3) is 15.3. The van der Waals surface area contributed by atoms with E-state index < -0.39 is 84.3 Å². The van der Waals surface area contributed by atoms with Gasteiger partial charge in [0.1, 0.15) is 42.0 Å². The van der Waals surface area contributed by atoms with Crippen LogP contribution in [0.15, 0.2) is 29.3 Å². The van der Waals surface area contributed by atoms with E-state index in [1.54, 1.807) is 19.1 Å². The number of hydrogen-bond acceptors (Lipinski definition) is 11. The first-order valence-corrected chi connectivity index (χ1v) is 20.3. The van der Waals surface area contributed by atoms with Gasteiger partial charge in [0.15, 0.2) is 5.96 Å². The molecule has 0 bridgehead atoms. The van der Waals surface area contributed by atoms with Crippen molar-refractivity contribution in [3.05, 3.63) is 29.8 Å². The van der Waals surface area contributed by atoms with Gasteiger partial charge >= 0.3 is 0 Å². The van der Waals surface area contributed by atoms with Crippen LogP contribution >= 0.6 is 0 Å². The number of rotatable bonds is 22. The molecular weight excluding hydrogens is 766 g/mol. The highest BCUT2D eigenvalue weighted by atomic mass is 16.3. The molecule has 2 heterocycles. The number of phenolic OH excluding ortho intramolecular Hbond substituents is 1. The number of nitrogens with one attached hydrogen (secondary N) is 7. The van der Waals surface area contributed by atoms with Gasteiger partial charge in [0.2, 0.25) is 41.4 Å². The summed E-state index contributed by atoms with van der Waals surface area (Å²) in [5, 5.41) is 38.7. The quantitative estimate of drug-likeness (QED) is 0.0325. The Bertz CT molecular complexity index is 1630. The summed E-state index contributed by atoms with van der Waals surface area (Å²) in [7, 11) is 0. The molecule has 328 valence electrons. The Balaban J connectivity index is 1.76.